The second-order valence-corrected chi connectivity index (χ2v) is 13.1. The first-order valence-electron chi connectivity index (χ1n) is 17.4. The van der Waals surface area contributed by atoms with Gasteiger partial charge in [-0.25, -0.2) is 4.98 Å². The van der Waals surface area contributed by atoms with E-state index in [1.165, 1.54) is 23.5 Å². The van der Waals surface area contributed by atoms with E-state index in [2.05, 4.69) is 16.0 Å². The molecule has 0 bridgehead atoms. The first kappa shape index (κ1) is 28.6. The van der Waals surface area contributed by atoms with Crippen LogP contribution in [-0.4, -0.2) is 20.9 Å². The molecular formula is C37H45IrN2O3S-. The number of allylic oxidation sites excluding steroid dienone is 2. The number of nitrogens with zero attached hydrogens (tertiary/aromatic N) is 2. The van der Waals surface area contributed by atoms with Crippen molar-refractivity contribution in [3.63, 3.8) is 0 Å². The summed E-state index contributed by atoms with van der Waals surface area (Å²) in [6.07, 6.45) is 4.25. The number of rotatable bonds is 8. The van der Waals surface area contributed by atoms with Crippen LogP contribution < -0.4 is 0 Å². The quantitative estimate of drug-likeness (QED) is 0.0962. The van der Waals surface area contributed by atoms with Crippen LogP contribution in [0.3, 0.4) is 0 Å². The van der Waals surface area contributed by atoms with E-state index in [9.17, 15) is 9.90 Å². The molecule has 0 saturated heterocycles. The van der Waals surface area contributed by atoms with Crippen molar-refractivity contribution in [2.45, 2.75) is 87.9 Å². The van der Waals surface area contributed by atoms with E-state index in [0.29, 0.717) is 21.7 Å². The summed E-state index contributed by atoms with van der Waals surface area (Å²) >= 11 is 1.45. The standard InChI is InChI=1S/C25H23N2OS.C12H22O2.Ir/c1-14-9-10-17-16-7-6-8-18(23(16)28-24(17)27-14)20-11-21-19(13-26-20)15(2)22(29-21)12-25(3,4)5;1-5-9(4)11(13)8-12(14)10(6-2)7-3;/h6-7,9-11,13H,12H2,1-5H3;8-10,13H,5-7H2,1-4H3;/q-1;;/b;11-8-;/i1D3,12D2;;. The van der Waals surface area contributed by atoms with E-state index >= 15 is 0 Å². The van der Waals surface area contributed by atoms with Crippen molar-refractivity contribution in [1.29, 1.82) is 0 Å². The molecule has 5 aromatic rings. The van der Waals surface area contributed by atoms with Gasteiger partial charge in [0.2, 0.25) is 5.71 Å². The molecular weight excluding hydrogens is 745 g/mol. The van der Waals surface area contributed by atoms with Crippen LogP contribution in [0, 0.1) is 37.1 Å². The molecule has 0 spiro atoms. The van der Waals surface area contributed by atoms with Crippen LogP contribution in [-0.2, 0) is 31.3 Å². The van der Waals surface area contributed by atoms with Crippen LogP contribution in [0.1, 0.15) is 90.7 Å². The third kappa shape index (κ3) is 8.04. The van der Waals surface area contributed by atoms with Gasteiger partial charge in [-0.15, -0.1) is 29.5 Å². The van der Waals surface area contributed by atoms with Crippen LogP contribution in [0.15, 0.2) is 52.8 Å². The number of carbonyl (C=O) groups is 1. The Morgan fingerprint density at radius 2 is 1.89 bits per heavy atom. The Labute approximate surface area is 286 Å². The topological polar surface area (TPSA) is 76.2 Å². The van der Waals surface area contributed by atoms with Gasteiger partial charge in [0, 0.05) is 77.1 Å². The Bertz CT molecular complexity index is 1970. The first-order valence-corrected chi connectivity index (χ1v) is 15.8. The number of furan rings is 1. The molecule has 5 rings (SSSR count). The fourth-order valence-electron chi connectivity index (χ4n) is 4.83. The smallest absolute Gasteiger partial charge is 0.216 e. The van der Waals surface area contributed by atoms with Gasteiger partial charge in [0.15, 0.2) is 5.78 Å². The molecule has 1 unspecified atom stereocenters. The number of thiophene rings is 1. The summed E-state index contributed by atoms with van der Waals surface area (Å²) in [5.41, 5.74) is 2.45. The van der Waals surface area contributed by atoms with Crippen molar-refractivity contribution in [3.05, 3.63) is 70.6 Å². The third-order valence-electron chi connectivity index (χ3n) is 7.66. The van der Waals surface area contributed by atoms with Gasteiger partial charge in [-0.05, 0) is 68.2 Å². The predicted molar refractivity (Wildman–Crippen MR) is 181 cm³/mol. The molecule has 237 valence electrons. The van der Waals surface area contributed by atoms with Gasteiger partial charge in [-0.1, -0.05) is 65.5 Å². The van der Waals surface area contributed by atoms with Crippen molar-refractivity contribution in [3.8, 4) is 11.3 Å². The van der Waals surface area contributed by atoms with Gasteiger partial charge in [0.25, 0.3) is 0 Å². The molecule has 1 aromatic carbocycles. The van der Waals surface area contributed by atoms with Crippen molar-refractivity contribution < 1.29 is 41.3 Å². The number of carbonyl (C=O) groups excluding carboxylic acids is 1. The molecule has 1 radical (unpaired) electrons. The average Bonchev–Trinajstić information content (AvgIpc) is 3.57. The number of hydrogen-bond donors (Lipinski definition) is 1. The maximum absolute atomic E-state index is 11.6. The number of hydrogen-bond acceptors (Lipinski definition) is 6. The van der Waals surface area contributed by atoms with Crippen molar-refractivity contribution in [2.75, 3.05) is 0 Å². The zero-order valence-electron chi connectivity index (χ0n) is 31.7. The minimum absolute atomic E-state index is 0. The molecule has 4 heterocycles. The number of fused-ring (bicyclic) bond motifs is 4. The van der Waals surface area contributed by atoms with Gasteiger partial charge in [0.05, 0.1) is 11.3 Å². The molecule has 1 N–H and O–H groups in total. The molecule has 44 heavy (non-hydrogen) atoms. The zero-order chi connectivity index (χ0) is 35.8. The maximum atomic E-state index is 11.6. The summed E-state index contributed by atoms with van der Waals surface area (Å²) in [6, 6.07) is 12.0. The van der Waals surface area contributed by atoms with Crippen LogP contribution in [0.5, 0.6) is 0 Å². The summed E-state index contributed by atoms with van der Waals surface area (Å²) in [7, 11) is 0. The van der Waals surface area contributed by atoms with Crippen molar-refractivity contribution in [1.82, 2.24) is 9.97 Å². The summed E-state index contributed by atoms with van der Waals surface area (Å²) in [5.74, 6) is 0.451. The largest absolute Gasteiger partial charge is 0.512 e. The van der Waals surface area contributed by atoms with E-state index in [1.807, 2.05) is 67.5 Å². The molecule has 0 amide bonds. The second-order valence-electron chi connectivity index (χ2n) is 12.0. The molecule has 7 heteroatoms. The zero-order valence-corrected chi connectivity index (χ0v) is 29.9. The molecule has 5 nitrogen and oxygen atoms in total. The summed E-state index contributed by atoms with van der Waals surface area (Å²) in [4.78, 5) is 21.2. The van der Waals surface area contributed by atoms with Crippen LogP contribution in [0.4, 0.5) is 0 Å². The second kappa shape index (κ2) is 14.9. The summed E-state index contributed by atoms with van der Waals surface area (Å²) in [6.45, 7) is 13.3. The van der Waals surface area contributed by atoms with E-state index < -0.39 is 18.6 Å². The maximum Gasteiger partial charge on any atom is 0.216 e. The minimum Gasteiger partial charge on any atom is -0.512 e. The summed E-state index contributed by atoms with van der Waals surface area (Å²) < 4.78 is 47.3. The van der Waals surface area contributed by atoms with Gasteiger partial charge in [-0.2, -0.15) is 0 Å². The molecule has 0 aliphatic heterocycles. The molecule has 0 aliphatic rings. The van der Waals surface area contributed by atoms with Gasteiger partial charge in [0.1, 0.15) is 0 Å². The van der Waals surface area contributed by atoms with E-state index in [4.69, 9.17) is 11.3 Å². The van der Waals surface area contributed by atoms with Gasteiger partial charge in [-0.3, -0.25) is 4.79 Å². The first-order chi connectivity index (χ1) is 22.3. The SMILES string of the molecule is CCC(CC)C(=O)/C=C(\O)C(C)CC.[2H]C([2H])([2H])c1ccc2c(n1)oc1c(-c3cc4sc(C([2H])([2H])C(C)(C)C)c(C)c4cn3)[c-]ccc12.[Ir]. The Balaban J connectivity index is 0.000000370. The van der Waals surface area contributed by atoms with Gasteiger partial charge >= 0.3 is 0 Å². The molecule has 1 atom stereocenters. The Kier molecular flexibility index (Phi) is 9.72. The number of aromatic nitrogens is 2. The molecule has 0 fully saturated rings. The number of benzene rings is 1. The fourth-order valence-corrected chi connectivity index (χ4v) is 6.15. The molecule has 0 saturated carbocycles. The minimum atomic E-state index is -2.32. The number of aryl methyl sites for hydroxylation is 2. The van der Waals surface area contributed by atoms with E-state index in [-0.39, 0.29) is 54.9 Å². The summed E-state index contributed by atoms with van der Waals surface area (Å²) in [5, 5.41) is 12.0. The van der Waals surface area contributed by atoms with Crippen molar-refractivity contribution in [2.24, 2.45) is 17.3 Å². The fraction of sp³-hybridized carbons (Fsp3) is 0.432. The Morgan fingerprint density at radius 3 is 2.52 bits per heavy atom. The average molecular weight is 795 g/mol. The van der Waals surface area contributed by atoms with Crippen LogP contribution in [0.2, 0.25) is 0 Å². The van der Waals surface area contributed by atoms with Crippen LogP contribution >= 0.6 is 11.3 Å². The monoisotopic (exact) mass is 795 g/mol. The number of aliphatic hydroxyl groups is 1. The van der Waals surface area contributed by atoms with Gasteiger partial charge < -0.3 is 14.5 Å². The number of aliphatic hydroxyl groups excluding tert-OH is 1. The van der Waals surface area contributed by atoms with Crippen molar-refractivity contribution >= 4 is 49.3 Å². The van der Waals surface area contributed by atoms with E-state index in [0.717, 1.165) is 45.7 Å². The predicted octanol–water partition coefficient (Wildman–Crippen LogP) is 10.7. The third-order valence-corrected chi connectivity index (χ3v) is 8.83. The number of pyridine rings is 2. The van der Waals surface area contributed by atoms with Crippen LogP contribution in [0.25, 0.3) is 43.4 Å². The Morgan fingerprint density at radius 1 is 1.16 bits per heavy atom. The normalized spacial score (nSPS) is 15.1. The molecule has 4 aromatic heterocycles. The number of ketones is 1. The van der Waals surface area contributed by atoms with E-state index in [1.54, 1.807) is 18.3 Å². The Hall–Kier alpha value is -2.86. The molecule has 0 aliphatic carbocycles.